The fraction of sp³-hybridized carbons (Fsp3) is 0.300. The van der Waals surface area contributed by atoms with Gasteiger partial charge in [0, 0.05) is 10.3 Å². The van der Waals surface area contributed by atoms with Crippen molar-refractivity contribution in [2.45, 2.75) is 38.5 Å². The molecule has 2 nitrogen and oxygen atoms in total. The Bertz CT molecular complexity index is 1040. The van der Waals surface area contributed by atoms with Crippen LogP contribution in [0.1, 0.15) is 42.7 Å². The van der Waals surface area contributed by atoms with Gasteiger partial charge in [-0.2, -0.15) is 0 Å². The number of rotatable bonds is 2. The summed E-state index contributed by atoms with van der Waals surface area (Å²) in [5, 5.41) is 2.15. The van der Waals surface area contributed by atoms with Crippen molar-refractivity contribution in [3.63, 3.8) is 0 Å². The maximum Gasteiger partial charge on any atom is 0.116 e. The first-order valence-corrected chi connectivity index (χ1v) is 10.2. The lowest BCUT2D eigenvalue weighted by Gasteiger charge is -2.13. The first-order chi connectivity index (χ1) is 11.8. The van der Waals surface area contributed by atoms with Crippen LogP contribution in [0.2, 0.25) is 0 Å². The predicted octanol–water partition coefficient (Wildman–Crippen LogP) is 6.54. The van der Waals surface area contributed by atoms with Crippen molar-refractivity contribution in [2.75, 3.05) is 0 Å². The summed E-state index contributed by atoms with van der Waals surface area (Å²) in [6, 6.07) is 9.20. The molecule has 5 rings (SSSR count). The van der Waals surface area contributed by atoms with Crippen molar-refractivity contribution in [2.24, 2.45) is 0 Å². The summed E-state index contributed by atoms with van der Waals surface area (Å²) in [4.78, 5) is 9.22. The molecule has 0 radical (unpaired) electrons. The van der Waals surface area contributed by atoms with Gasteiger partial charge in [-0.15, -0.1) is 22.7 Å². The molecule has 0 spiro atoms. The molecular formula is C20H18N2S2. The van der Waals surface area contributed by atoms with Gasteiger partial charge in [-0.3, -0.25) is 0 Å². The number of hydrogen-bond donors (Lipinski definition) is 0. The lowest BCUT2D eigenvalue weighted by atomic mass is 9.93. The molecule has 0 bridgehead atoms. The second-order valence-electron chi connectivity index (χ2n) is 6.73. The Morgan fingerprint density at radius 1 is 1.04 bits per heavy atom. The highest BCUT2D eigenvalue weighted by atomic mass is 32.1. The molecule has 4 heteroatoms. The number of fused-ring (bicyclic) bond motifs is 3. The molecule has 1 aromatic carbocycles. The van der Waals surface area contributed by atoms with E-state index in [9.17, 15) is 0 Å². The van der Waals surface area contributed by atoms with Gasteiger partial charge < -0.3 is 0 Å². The van der Waals surface area contributed by atoms with Gasteiger partial charge >= 0.3 is 0 Å². The summed E-state index contributed by atoms with van der Waals surface area (Å²) in [5.74, 6) is 0.729. The molecule has 1 saturated carbocycles. The molecule has 1 aliphatic rings. The van der Waals surface area contributed by atoms with Crippen molar-refractivity contribution < 1.29 is 0 Å². The standard InChI is InChI=1S/C20H18N2S2/c1-12-8-14(13-4-2-3-5-13)10-15(9-12)17-20-18(22-11-21-17)19-16(24-20)6-7-23-19/h6-11,13H,2-5H2,1H3. The van der Waals surface area contributed by atoms with Gasteiger partial charge in [0.15, 0.2) is 0 Å². The molecule has 4 aromatic rings. The maximum atomic E-state index is 4.66. The Morgan fingerprint density at radius 3 is 2.79 bits per heavy atom. The summed E-state index contributed by atoms with van der Waals surface area (Å²) in [5.41, 5.74) is 6.28. The zero-order valence-electron chi connectivity index (χ0n) is 13.6. The van der Waals surface area contributed by atoms with Gasteiger partial charge in [-0.05, 0) is 54.8 Å². The third kappa shape index (κ3) is 2.28. The molecule has 0 aliphatic heterocycles. The second-order valence-corrected chi connectivity index (χ2v) is 8.70. The lowest BCUT2D eigenvalue weighted by Crippen LogP contribution is -1.95. The molecule has 3 heterocycles. The number of thiophene rings is 2. The van der Waals surface area contributed by atoms with Gasteiger partial charge in [-0.1, -0.05) is 24.5 Å². The molecule has 1 aliphatic carbocycles. The van der Waals surface area contributed by atoms with Crippen molar-refractivity contribution in [1.29, 1.82) is 0 Å². The Kier molecular flexibility index (Phi) is 3.42. The molecule has 0 N–H and O–H groups in total. The number of benzene rings is 1. The average Bonchev–Trinajstić information content (AvgIpc) is 3.30. The van der Waals surface area contributed by atoms with E-state index in [0.29, 0.717) is 0 Å². The minimum absolute atomic E-state index is 0.729. The Morgan fingerprint density at radius 2 is 1.92 bits per heavy atom. The third-order valence-corrected chi connectivity index (χ3v) is 7.26. The van der Waals surface area contributed by atoms with E-state index in [1.165, 1.54) is 56.5 Å². The van der Waals surface area contributed by atoms with E-state index in [0.717, 1.165) is 17.1 Å². The molecule has 3 aromatic heterocycles. The highest BCUT2D eigenvalue weighted by Crippen LogP contribution is 2.41. The predicted molar refractivity (Wildman–Crippen MR) is 104 cm³/mol. The summed E-state index contributed by atoms with van der Waals surface area (Å²) in [6.45, 7) is 2.20. The molecule has 24 heavy (non-hydrogen) atoms. The van der Waals surface area contributed by atoms with E-state index >= 15 is 0 Å². The fourth-order valence-electron chi connectivity index (χ4n) is 3.94. The van der Waals surface area contributed by atoms with Crippen LogP contribution < -0.4 is 0 Å². The molecule has 1 fully saturated rings. The van der Waals surface area contributed by atoms with Crippen molar-refractivity contribution in [1.82, 2.24) is 9.97 Å². The SMILES string of the molecule is Cc1cc(-c2ncnc3c2sc2ccsc23)cc(C2CCCC2)c1. The topological polar surface area (TPSA) is 25.8 Å². The molecule has 120 valence electrons. The molecular weight excluding hydrogens is 332 g/mol. The Hall–Kier alpha value is -1.78. The first kappa shape index (κ1) is 14.6. The van der Waals surface area contributed by atoms with Crippen LogP contribution in [-0.4, -0.2) is 9.97 Å². The number of nitrogens with zero attached hydrogens (tertiary/aromatic N) is 2. The highest BCUT2D eigenvalue weighted by Gasteiger charge is 2.19. The van der Waals surface area contributed by atoms with Gasteiger partial charge in [-0.25, -0.2) is 9.97 Å². The van der Waals surface area contributed by atoms with Crippen LogP contribution >= 0.6 is 22.7 Å². The van der Waals surface area contributed by atoms with E-state index in [4.69, 9.17) is 0 Å². The van der Waals surface area contributed by atoms with Crippen molar-refractivity contribution >= 4 is 42.3 Å². The second kappa shape index (κ2) is 5.64. The minimum atomic E-state index is 0.729. The van der Waals surface area contributed by atoms with Crippen LogP contribution in [0.4, 0.5) is 0 Å². The van der Waals surface area contributed by atoms with Crippen LogP contribution in [0.3, 0.4) is 0 Å². The van der Waals surface area contributed by atoms with Gasteiger partial charge in [0.2, 0.25) is 0 Å². The van der Waals surface area contributed by atoms with E-state index in [-0.39, 0.29) is 0 Å². The largest absolute Gasteiger partial charge is 0.235 e. The van der Waals surface area contributed by atoms with Crippen LogP contribution in [0.15, 0.2) is 36.0 Å². The van der Waals surface area contributed by atoms with E-state index < -0.39 is 0 Å². The Labute approximate surface area is 149 Å². The number of aromatic nitrogens is 2. The summed E-state index contributed by atoms with van der Waals surface area (Å²) in [6.07, 6.45) is 7.12. The van der Waals surface area contributed by atoms with Crippen LogP contribution in [0.5, 0.6) is 0 Å². The van der Waals surface area contributed by atoms with E-state index in [1.807, 2.05) is 11.3 Å². The summed E-state index contributed by atoms with van der Waals surface area (Å²) < 4.78 is 3.84. The minimum Gasteiger partial charge on any atom is -0.235 e. The molecule has 0 amide bonds. The van der Waals surface area contributed by atoms with E-state index in [2.05, 4.69) is 46.5 Å². The quantitative estimate of drug-likeness (QED) is 0.410. The van der Waals surface area contributed by atoms with Crippen molar-refractivity contribution in [3.8, 4) is 11.3 Å². The molecule has 0 atom stereocenters. The van der Waals surface area contributed by atoms with Gasteiger partial charge in [0.25, 0.3) is 0 Å². The van der Waals surface area contributed by atoms with Crippen molar-refractivity contribution in [3.05, 3.63) is 47.1 Å². The average molecular weight is 351 g/mol. The lowest BCUT2D eigenvalue weighted by molar-refractivity contribution is 0.723. The van der Waals surface area contributed by atoms with E-state index in [1.54, 1.807) is 17.7 Å². The van der Waals surface area contributed by atoms with Gasteiger partial charge in [0.05, 0.1) is 15.1 Å². The Balaban J connectivity index is 1.72. The van der Waals surface area contributed by atoms with Crippen LogP contribution in [0, 0.1) is 6.92 Å². The third-order valence-electron chi connectivity index (χ3n) is 5.06. The molecule has 0 saturated heterocycles. The van der Waals surface area contributed by atoms with Crippen LogP contribution in [-0.2, 0) is 0 Å². The summed E-state index contributed by atoms with van der Waals surface area (Å²) in [7, 11) is 0. The van der Waals surface area contributed by atoms with Gasteiger partial charge in [0.1, 0.15) is 11.8 Å². The normalized spacial score (nSPS) is 15.7. The first-order valence-electron chi connectivity index (χ1n) is 8.52. The maximum absolute atomic E-state index is 4.66. The fourth-order valence-corrected chi connectivity index (χ4v) is 6.22. The smallest absolute Gasteiger partial charge is 0.116 e. The highest BCUT2D eigenvalue weighted by molar-refractivity contribution is 7.32. The monoisotopic (exact) mass is 350 g/mol. The number of aryl methyl sites for hydroxylation is 1. The van der Waals surface area contributed by atoms with Crippen LogP contribution in [0.25, 0.3) is 30.9 Å². The molecule has 0 unspecified atom stereocenters. The number of hydrogen-bond acceptors (Lipinski definition) is 4. The zero-order valence-corrected chi connectivity index (χ0v) is 15.2. The zero-order chi connectivity index (χ0) is 16.1. The summed E-state index contributed by atoms with van der Waals surface area (Å²) >= 11 is 3.59.